The van der Waals surface area contributed by atoms with Gasteiger partial charge in [-0.1, -0.05) is 259 Å². The second kappa shape index (κ2) is 38.3. The van der Waals surface area contributed by atoms with Gasteiger partial charge in [0.05, 0.1) is 57.6 Å². The summed E-state index contributed by atoms with van der Waals surface area (Å²) in [5, 5.41) is 1.47. The van der Waals surface area contributed by atoms with Crippen molar-refractivity contribution in [3.05, 3.63) is 114 Å². The van der Waals surface area contributed by atoms with Gasteiger partial charge >= 0.3 is 11.9 Å². The minimum Gasteiger partial charge on any atom is -0.493 e. The fraction of sp³-hybridized carbons (Fsp3) is 0.493. The van der Waals surface area contributed by atoms with E-state index in [1.54, 1.807) is 45.3 Å². The van der Waals surface area contributed by atoms with Crippen LogP contribution in [0.1, 0.15) is 244 Å². The van der Waals surface area contributed by atoms with Crippen LogP contribution < -0.4 is 4.74 Å². The Labute approximate surface area is 544 Å². The summed E-state index contributed by atoms with van der Waals surface area (Å²) in [4.78, 5) is 36.1. The lowest BCUT2D eigenvalue weighted by molar-refractivity contribution is 0.0490. The van der Waals surface area contributed by atoms with E-state index in [2.05, 4.69) is 107 Å². The normalized spacial score (nSPS) is 11.1. The van der Waals surface area contributed by atoms with Crippen molar-refractivity contribution in [2.75, 3.05) is 19.8 Å². The second-order valence-electron chi connectivity index (χ2n) is 22.4. The van der Waals surface area contributed by atoms with Gasteiger partial charge in [0.2, 0.25) is 0 Å². The Kier molecular flexibility index (Phi) is 32.0. The molecule has 0 aliphatic rings. The largest absolute Gasteiger partial charge is 0.493 e. The molecule has 0 spiro atoms. The Balaban J connectivity index is 0.00000345. The fourth-order valence-corrected chi connectivity index (χ4v) is 16.6. The number of aromatic nitrogens is 2. The molecule has 0 radical (unpaired) electrons. The number of fused-ring (bicyclic) bond motifs is 3. The lowest BCUT2D eigenvalue weighted by Crippen LogP contribution is -2.11. The lowest BCUT2D eigenvalue weighted by atomic mass is 9.98. The average molecular weight is 1270 g/mol. The maximum Gasteiger partial charge on any atom is 0.340 e. The van der Waals surface area contributed by atoms with Crippen LogP contribution in [0.2, 0.25) is 0 Å². The highest BCUT2D eigenvalue weighted by molar-refractivity contribution is 7.28. The van der Waals surface area contributed by atoms with Crippen LogP contribution in [0.25, 0.3) is 82.7 Å². The average Bonchev–Trinajstić information content (AvgIpc) is 1.65. The predicted molar refractivity (Wildman–Crippen MR) is 386 cm³/mol. The summed E-state index contributed by atoms with van der Waals surface area (Å²) in [6.07, 6.45) is 31.1. The number of esters is 2. The predicted octanol–water partition coefficient (Wildman–Crippen LogP) is 26.3. The van der Waals surface area contributed by atoms with Gasteiger partial charge in [0.1, 0.15) is 16.8 Å². The molecule has 87 heavy (non-hydrogen) atoms. The Morgan fingerprint density at radius 2 is 0.759 bits per heavy atom. The van der Waals surface area contributed by atoms with Gasteiger partial charge in [-0.25, -0.2) is 9.59 Å². The van der Waals surface area contributed by atoms with E-state index in [1.807, 2.05) is 18.2 Å². The molecule has 5 heterocycles. The van der Waals surface area contributed by atoms with E-state index in [-0.39, 0.29) is 41.6 Å². The van der Waals surface area contributed by atoms with Crippen molar-refractivity contribution in [1.29, 1.82) is 0 Å². The Bertz CT molecular complexity index is 3350. The number of benzene rings is 4. The number of carbonyl (C=O) groups excluding carboxylic acids is 2. The molecule has 0 fully saturated rings. The summed E-state index contributed by atoms with van der Waals surface area (Å²) in [5.41, 5.74) is 8.06. The van der Waals surface area contributed by atoms with E-state index in [0.717, 1.165) is 135 Å². The van der Waals surface area contributed by atoms with E-state index in [4.69, 9.17) is 23.0 Å². The Morgan fingerprint density at radius 3 is 1.24 bits per heavy atom. The quantitative estimate of drug-likeness (QED) is 0.0283. The van der Waals surface area contributed by atoms with Gasteiger partial charge in [-0.2, -0.15) is 8.75 Å². The number of hydrogen-bond acceptors (Lipinski definition) is 12. The van der Waals surface area contributed by atoms with Crippen LogP contribution in [-0.4, -0.2) is 40.5 Å². The zero-order valence-electron chi connectivity index (χ0n) is 49.7. The van der Waals surface area contributed by atoms with Crippen LogP contribution in [0.15, 0.2) is 97.1 Å². The first-order valence-corrected chi connectivity index (χ1v) is 35.5. The Morgan fingerprint density at radius 1 is 0.391 bits per heavy atom. The van der Waals surface area contributed by atoms with E-state index in [0.29, 0.717) is 30.9 Å². The first kappa shape index (κ1) is 72.5. The van der Waals surface area contributed by atoms with Gasteiger partial charge < -0.3 is 14.2 Å². The number of rotatable bonds is 37. The molecule has 472 valence electrons. The molecule has 4 aromatic carbocycles. The van der Waals surface area contributed by atoms with E-state index in [9.17, 15) is 9.59 Å². The number of ether oxygens (including phenoxy) is 3. The van der Waals surface area contributed by atoms with Gasteiger partial charge in [-0.15, -0.1) is 45.3 Å². The van der Waals surface area contributed by atoms with Crippen molar-refractivity contribution in [3.8, 4) is 57.3 Å². The summed E-state index contributed by atoms with van der Waals surface area (Å²) in [6, 6.07) is 33.8. The van der Waals surface area contributed by atoms with Crippen molar-refractivity contribution < 1.29 is 23.8 Å². The molecule has 0 N–H and O–H groups in total. The monoisotopic (exact) mass is 1270 g/mol. The summed E-state index contributed by atoms with van der Waals surface area (Å²) in [6.45, 7) is 10.3. The minimum atomic E-state index is -0.344. The van der Waals surface area contributed by atoms with Crippen LogP contribution in [-0.2, 0) is 9.47 Å². The number of thiophene rings is 4. The molecular formula is C75H102N2O5S5. The van der Waals surface area contributed by atoms with E-state index < -0.39 is 0 Å². The molecule has 0 saturated heterocycles. The molecule has 9 rings (SSSR count). The molecule has 0 aliphatic carbocycles. The van der Waals surface area contributed by atoms with Crippen molar-refractivity contribution in [2.24, 2.45) is 0 Å². The van der Waals surface area contributed by atoms with Gasteiger partial charge in [-0.3, -0.25) is 0 Å². The molecule has 7 nitrogen and oxygen atoms in total. The van der Waals surface area contributed by atoms with Crippen LogP contribution in [0.4, 0.5) is 0 Å². The number of hydrogen-bond donors (Lipinski definition) is 0. The number of unbranched alkanes of at least 4 members (excludes halogenated alkanes) is 23. The van der Waals surface area contributed by atoms with Crippen molar-refractivity contribution in [1.82, 2.24) is 8.75 Å². The van der Waals surface area contributed by atoms with Crippen LogP contribution in [0.5, 0.6) is 5.75 Å². The van der Waals surface area contributed by atoms with E-state index in [1.165, 1.54) is 138 Å². The first-order valence-electron chi connectivity index (χ1n) is 31.5. The summed E-state index contributed by atoms with van der Waals surface area (Å²) in [7, 11) is 0. The van der Waals surface area contributed by atoms with Crippen LogP contribution >= 0.6 is 57.1 Å². The second-order valence-corrected chi connectivity index (χ2v) is 27.2. The summed E-state index contributed by atoms with van der Waals surface area (Å²) in [5.74, 6) is 0.176. The summed E-state index contributed by atoms with van der Waals surface area (Å²) >= 11 is 7.82. The molecule has 0 aliphatic heterocycles. The highest BCUT2D eigenvalue weighted by atomic mass is 32.1. The van der Waals surface area contributed by atoms with Crippen LogP contribution in [0.3, 0.4) is 0 Å². The first-order chi connectivity index (χ1) is 40.9. The smallest absolute Gasteiger partial charge is 0.340 e. The van der Waals surface area contributed by atoms with Crippen molar-refractivity contribution >= 4 is 100 Å². The van der Waals surface area contributed by atoms with Crippen molar-refractivity contribution in [3.63, 3.8) is 0 Å². The van der Waals surface area contributed by atoms with Gasteiger partial charge in [0.15, 0.2) is 0 Å². The molecule has 12 heteroatoms. The molecule has 0 bridgehead atoms. The highest BCUT2D eigenvalue weighted by Gasteiger charge is 2.30. The third-order valence-electron chi connectivity index (χ3n) is 16.0. The maximum atomic E-state index is 14.9. The topological polar surface area (TPSA) is 87.6 Å². The molecule has 0 unspecified atom stereocenters. The third-order valence-corrected chi connectivity index (χ3v) is 21.4. The van der Waals surface area contributed by atoms with Gasteiger partial charge in [0, 0.05) is 51.2 Å². The lowest BCUT2D eigenvalue weighted by Gasteiger charge is -2.17. The van der Waals surface area contributed by atoms with Crippen molar-refractivity contribution in [2.45, 2.75) is 224 Å². The van der Waals surface area contributed by atoms with Gasteiger partial charge in [0.25, 0.3) is 0 Å². The molecule has 0 saturated carbocycles. The number of nitrogens with zero attached hydrogens (tertiary/aromatic N) is 2. The summed E-state index contributed by atoms with van der Waals surface area (Å²) < 4.78 is 31.1. The molecular weight excluding hydrogens is 1170 g/mol. The van der Waals surface area contributed by atoms with Gasteiger partial charge in [-0.05, 0) is 73.7 Å². The third kappa shape index (κ3) is 19.1. The van der Waals surface area contributed by atoms with E-state index >= 15 is 0 Å². The fourth-order valence-electron chi connectivity index (χ4n) is 11.4. The maximum absolute atomic E-state index is 14.9. The highest BCUT2D eigenvalue weighted by Crippen LogP contribution is 2.52. The standard InChI is InChI=1S/C71H86N2O5S5.4CH4/c1-5-8-11-14-17-19-21-23-26-35-46-77-70(74)62-53-48-59(52-39-32-29-33-40-52)81-68(53)63(71(75)78-47-36-27-24-22-20-18-15-12-9-6-2)54-49-60(82-69(54)62)56-42-44-57(80-56)61-50(4)67(76-45-34-25-16-13-10-7-3)64(66-65(61)72-83-73-66)58-43-41-55(79-58)51-37-30-28-31-38-51;;;;/h28-33,37-44,48-49H,5-27,34-36,45-47H2,1-4H3;4*1H4. The SMILES string of the molecule is C.C.C.C.CCCCCCCCCCCCOC(=O)c1c2cc(-c3ccc(-c4c(C)c(OCCCCCCCC)c(-c5ccc(-c6ccccc6)s5)c5nsnc45)s3)sc2c(C(=O)OCCCCCCCCCCCC)c2cc(-c3ccccc3)sc12. The zero-order valence-corrected chi connectivity index (χ0v) is 53.8. The molecule has 9 aromatic rings. The molecule has 0 atom stereocenters. The molecule has 5 aromatic heterocycles. The molecule has 0 amide bonds. The number of carbonyl (C=O) groups is 2. The zero-order chi connectivity index (χ0) is 57.6. The Hall–Kier alpha value is -5.24. The van der Waals surface area contributed by atoms with Crippen LogP contribution in [0, 0.1) is 6.92 Å². The minimum absolute atomic E-state index is 0.